The van der Waals surface area contributed by atoms with E-state index in [2.05, 4.69) is 30.9 Å². The first-order chi connectivity index (χ1) is 11.5. The summed E-state index contributed by atoms with van der Waals surface area (Å²) in [6.45, 7) is 3.89. The Morgan fingerprint density at radius 1 is 0.708 bits per heavy atom. The molecular formula is C21H21F2P. The minimum absolute atomic E-state index is 0.320. The molecule has 0 amide bonds. The number of hydrogen-bond acceptors (Lipinski definition) is 0. The second kappa shape index (κ2) is 6.83. The van der Waals surface area contributed by atoms with Crippen LogP contribution in [0, 0.1) is 18.6 Å². The van der Waals surface area contributed by atoms with E-state index in [9.17, 15) is 8.78 Å². The van der Waals surface area contributed by atoms with Gasteiger partial charge in [0.15, 0.2) is 0 Å². The SMILES string of the molecule is Cc1c(F)ccc(F)c1C[PH](C)(c1ccccc1)c1ccccc1. The summed E-state index contributed by atoms with van der Waals surface area (Å²) in [6.07, 6.45) is 0.538. The van der Waals surface area contributed by atoms with E-state index in [1.807, 2.05) is 36.4 Å². The molecule has 24 heavy (non-hydrogen) atoms. The fourth-order valence-corrected chi connectivity index (χ4v) is 6.99. The fourth-order valence-electron chi connectivity index (χ4n) is 3.25. The summed E-state index contributed by atoms with van der Waals surface area (Å²) in [5.41, 5.74) is 0.914. The molecule has 0 aromatic heterocycles. The Labute approximate surface area is 142 Å². The Kier molecular flexibility index (Phi) is 4.78. The summed E-state index contributed by atoms with van der Waals surface area (Å²) >= 11 is 0. The second-order valence-electron chi connectivity index (χ2n) is 6.37. The summed E-state index contributed by atoms with van der Waals surface area (Å²) in [4.78, 5) is 0. The van der Waals surface area contributed by atoms with Gasteiger partial charge in [-0.15, -0.1) is 0 Å². The van der Waals surface area contributed by atoms with Crippen LogP contribution in [0.25, 0.3) is 0 Å². The molecule has 0 aliphatic heterocycles. The predicted molar refractivity (Wildman–Crippen MR) is 101 cm³/mol. The van der Waals surface area contributed by atoms with E-state index >= 15 is 0 Å². The molecular weight excluding hydrogens is 321 g/mol. The van der Waals surface area contributed by atoms with Crippen LogP contribution in [-0.2, 0) is 6.16 Å². The summed E-state index contributed by atoms with van der Waals surface area (Å²) in [5.74, 6) is -0.664. The van der Waals surface area contributed by atoms with Gasteiger partial charge in [-0.3, -0.25) is 0 Å². The van der Waals surface area contributed by atoms with Crippen molar-refractivity contribution in [3.8, 4) is 0 Å². The predicted octanol–water partition coefficient (Wildman–Crippen LogP) is 4.80. The van der Waals surface area contributed by atoms with Gasteiger partial charge in [0.25, 0.3) is 0 Å². The Hall–Kier alpha value is -2.05. The third kappa shape index (κ3) is 3.12. The summed E-state index contributed by atoms with van der Waals surface area (Å²) in [5, 5.41) is 2.44. The van der Waals surface area contributed by atoms with Crippen molar-refractivity contribution in [2.75, 3.05) is 6.66 Å². The summed E-state index contributed by atoms with van der Waals surface area (Å²) < 4.78 is 28.4. The number of benzene rings is 3. The fraction of sp³-hybridized carbons (Fsp3) is 0.143. The van der Waals surface area contributed by atoms with E-state index in [0.717, 1.165) is 0 Å². The van der Waals surface area contributed by atoms with Crippen LogP contribution in [0.1, 0.15) is 11.1 Å². The first-order valence-electron chi connectivity index (χ1n) is 8.07. The van der Waals surface area contributed by atoms with Crippen LogP contribution in [0.5, 0.6) is 0 Å². The van der Waals surface area contributed by atoms with Crippen molar-refractivity contribution in [2.24, 2.45) is 0 Å². The van der Waals surface area contributed by atoms with E-state index in [1.165, 1.54) is 22.7 Å². The summed E-state index contributed by atoms with van der Waals surface area (Å²) in [7, 11) is -2.23. The van der Waals surface area contributed by atoms with Gasteiger partial charge in [-0.25, -0.2) is 0 Å². The maximum absolute atomic E-state index is 14.4. The number of halogens is 2. The molecule has 0 heterocycles. The molecule has 0 fully saturated rings. The molecule has 3 heteroatoms. The second-order valence-corrected chi connectivity index (χ2v) is 10.5. The molecule has 0 aliphatic carbocycles. The Morgan fingerprint density at radius 3 is 1.67 bits per heavy atom. The van der Waals surface area contributed by atoms with Crippen LogP contribution in [0.3, 0.4) is 0 Å². The molecule has 0 spiro atoms. The van der Waals surface area contributed by atoms with Gasteiger partial charge < -0.3 is 0 Å². The third-order valence-electron chi connectivity index (χ3n) is 4.83. The quantitative estimate of drug-likeness (QED) is 0.597. The topological polar surface area (TPSA) is 0 Å². The van der Waals surface area contributed by atoms with Crippen LogP contribution >= 0.6 is 7.26 Å². The Balaban J connectivity index is 2.16. The van der Waals surface area contributed by atoms with E-state index in [4.69, 9.17) is 0 Å². The maximum atomic E-state index is 14.4. The molecule has 0 saturated heterocycles. The zero-order chi connectivity index (χ0) is 17.2. The zero-order valence-electron chi connectivity index (χ0n) is 13.9. The summed E-state index contributed by atoms with van der Waals surface area (Å²) in [6, 6.07) is 22.9. The molecule has 0 radical (unpaired) electrons. The van der Waals surface area contributed by atoms with Crippen molar-refractivity contribution in [3.05, 3.63) is 95.6 Å². The van der Waals surface area contributed by atoms with E-state index in [-0.39, 0.29) is 11.6 Å². The number of rotatable bonds is 4. The normalized spacial score (nSPS) is 12.2. The Bertz CT molecular complexity index is 790. The van der Waals surface area contributed by atoms with Crippen molar-refractivity contribution < 1.29 is 8.78 Å². The Morgan fingerprint density at radius 2 is 1.17 bits per heavy atom. The number of hydrogen-bond donors (Lipinski definition) is 0. The molecule has 0 N–H and O–H groups in total. The van der Waals surface area contributed by atoms with Gasteiger partial charge in [0, 0.05) is 0 Å². The van der Waals surface area contributed by atoms with E-state index in [1.54, 1.807) is 6.92 Å². The zero-order valence-corrected chi connectivity index (χ0v) is 14.9. The van der Waals surface area contributed by atoms with Crippen LogP contribution < -0.4 is 10.6 Å². The molecule has 3 aromatic carbocycles. The van der Waals surface area contributed by atoms with Gasteiger partial charge >= 0.3 is 142 Å². The van der Waals surface area contributed by atoms with Crippen molar-refractivity contribution in [3.63, 3.8) is 0 Å². The molecule has 0 saturated carbocycles. The average molecular weight is 342 g/mol. The molecule has 3 rings (SSSR count). The molecule has 0 unspecified atom stereocenters. The van der Waals surface area contributed by atoms with Gasteiger partial charge in [-0.2, -0.15) is 0 Å². The van der Waals surface area contributed by atoms with Crippen molar-refractivity contribution in [1.82, 2.24) is 0 Å². The third-order valence-corrected chi connectivity index (χ3v) is 9.10. The van der Waals surface area contributed by atoms with Gasteiger partial charge in [0.1, 0.15) is 0 Å². The first-order valence-corrected chi connectivity index (χ1v) is 10.8. The van der Waals surface area contributed by atoms with Crippen LogP contribution in [0.2, 0.25) is 0 Å². The van der Waals surface area contributed by atoms with Gasteiger partial charge in [0.05, 0.1) is 0 Å². The standard InChI is InChI=1S/C21H21F2P/c1-16-19(21(23)14-13-20(16)22)15-24(2,17-9-5-3-6-10-17)18-11-7-4-8-12-18/h3-14,24H,15H2,1-2H3. The van der Waals surface area contributed by atoms with Crippen molar-refractivity contribution in [2.45, 2.75) is 13.1 Å². The molecule has 0 bridgehead atoms. The average Bonchev–Trinajstić information content (AvgIpc) is 2.63. The molecule has 0 nitrogen and oxygen atoms in total. The van der Waals surface area contributed by atoms with E-state index in [0.29, 0.717) is 17.3 Å². The van der Waals surface area contributed by atoms with Crippen molar-refractivity contribution >= 4 is 17.9 Å². The first kappa shape index (κ1) is 16.8. The van der Waals surface area contributed by atoms with Crippen LogP contribution in [0.15, 0.2) is 72.8 Å². The molecule has 3 aromatic rings. The van der Waals surface area contributed by atoms with Crippen LogP contribution in [-0.4, -0.2) is 6.66 Å². The monoisotopic (exact) mass is 342 g/mol. The van der Waals surface area contributed by atoms with Crippen molar-refractivity contribution in [1.29, 1.82) is 0 Å². The van der Waals surface area contributed by atoms with Crippen LogP contribution in [0.4, 0.5) is 8.78 Å². The van der Waals surface area contributed by atoms with Gasteiger partial charge in [0.2, 0.25) is 0 Å². The van der Waals surface area contributed by atoms with E-state index < -0.39 is 7.26 Å². The minimum atomic E-state index is -2.23. The molecule has 0 atom stereocenters. The van der Waals surface area contributed by atoms with Gasteiger partial charge in [-0.1, -0.05) is 0 Å². The molecule has 124 valence electrons. The molecule has 0 aliphatic rings. The van der Waals surface area contributed by atoms with Gasteiger partial charge in [-0.05, 0) is 0 Å².